The molecule has 2 saturated carbocycles. The molecule has 4 unspecified atom stereocenters. The van der Waals surface area contributed by atoms with Gasteiger partial charge < -0.3 is 9.80 Å². The van der Waals surface area contributed by atoms with Crippen LogP contribution in [0.25, 0.3) is 0 Å². The minimum Gasteiger partial charge on any atom is -0.303 e. The van der Waals surface area contributed by atoms with Crippen LogP contribution in [0.15, 0.2) is 0 Å². The van der Waals surface area contributed by atoms with E-state index in [1.807, 2.05) is 27.7 Å². The third kappa shape index (κ3) is 5.70. The van der Waals surface area contributed by atoms with Crippen LogP contribution in [-0.4, -0.2) is 49.1 Å². The van der Waals surface area contributed by atoms with Gasteiger partial charge in [0, 0.05) is 25.2 Å². The smallest absolute Gasteiger partial charge is 0.0147 e. The second kappa shape index (κ2) is 9.74. The first kappa shape index (κ1) is 23.0. The van der Waals surface area contributed by atoms with Gasteiger partial charge in [0.15, 0.2) is 0 Å². The second-order valence-corrected chi connectivity index (χ2v) is 9.26. The van der Waals surface area contributed by atoms with Crippen LogP contribution >= 0.6 is 0 Å². The van der Waals surface area contributed by atoms with Gasteiger partial charge in [0.25, 0.3) is 0 Å². The minimum atomic E-state index is 0.795. The van der Waals surface area contributed by atoms with Crippen LogP contribution in [0.1, 0.15) is 81.1 Å². The Labute approximate surface area is 159 Å². The number of rotatable bonds is 2. The largest absolute Gasteiger partial charge is 0.303 e. The van der Waals surface area contributed by atoms with E-state index >= 15 is 0 Å². The van der Waals surface area contributed by atoms with Crippen molar-refractivity contribution in [3.8, 4) is 0 Å². The predicted molar refractivity (Wildman–Crippen MR) is 113 cm³/mol. The van der Waals surface area contributed by atoms with Gasteiger partial charge in [-0.1, -0.05) is 55.4 Å². The third-order valence-electron chi connectivity index (χ3n) is 6.65. The second-order valence-electron chi connectivity index (χ2n) is 9.26. The van der Waals surface area contributed by atoms with E-state index in [0.717, 1.165) is 41.2 Å². The molecule has 0 radical (unpaired) electrons. The molecule has 0 bridgehead atoms. The van der Waals surface area contributed by atoms with Gasteiger partial charge in [-0.15, -0.1) is 0 Å². The maximum absolute atomic E-state index is 2.57. The van der Waals surface area contributed by atoms with Gasteiger partial charge in [-0.05, 0) is 68.9 Å². The first-order valence-electron chi connectivity index (χ1n) is 11.2. The van der Waals surface area contributed by atoms with Crippen LogP contribution in [0.5, 0.6) is 0 Å². The minimum absolute atomic E-state index is 0.795. The number of hydrogen-bond donors (Lipinski definition) is 0. The predicted octanol–water partition coefficient (Wildman–Crippen LogP) is 5.77. The number of piperidine rings is 1. The molecule has 2 heterocycles. The Morgan fingerprint density at radius 2 is 1.40 bits per heavy atom. The molecule has 2 aliphatic carbocycles. The fraction of sp³-hybridized carbons (Fsp3) is 1.00. The van der Waals surface area contributed by atoms with E-state index in [-0.39, 0.29) is 0 Å². The highest BCUT2D eigenvalue weighted by Gasteiger charge is 2.52. The van der Waals surface area contributed by atoms with Gasteiger partial charge in [0.1, 0.15) is 0 Å². The van der Waals surface area contributed by atoms with Gasteiger partial charge in [-0.2, -0.15) is 0 Å². The van der Waals surface area contributed by atoms with Crippen molar-refractivity contribution >= 4 is 0 Å². The van der Waals surface area contributed by atoms with E-state index in [2.05, 4.69) is 51.6 Å². The summed E-state index contributed by atoms with van der Waals surface area (Å²) in [6.07, 6.45) is 6.00. The van der Waals surface area contributed by atoms with Crippen LogP contribution in [0.2, 0.25) is 0 Å². The Morgan fingerprint density at radius 1 is 0.840 bits per heavy atom. The van der Waals surface area contributed by atoms with Gasteiger partial charge in [0.05, 0.1) is 0 Å². The quantitative estimate of drug-likeness (QED) is 0.622. The lowest BCUT2D eigenvalue weighted by Crippen LogP contribution is -2.33. The summed E-state index contributed by atoms with van der Waals surface area (Å²) < 4.78 is 0. The van der Waals surface area contributed by atoms with Gasteiger partial charge >= 0.3 is 0 Å². The van der Waals surface area contributed by atoms with Crippen molar-refractivity contribution in [3.63, 3.8) is 0 Å². The first-order valence-corrected chi connectivity index (χ1v) is 11.2. The average Bonchev–Trinajstić information content (AvgIpc) is 3.44. The molecule has 0 aromatic carbocycles. The molecule has 0 N–H and O–H groups in total. The summed E-state index contributed by atoms with van der Waals surface area (Å²) >= 11 is 0. The maximum atomic E-state index is 2.57. The molecule has 25 heavy (non-hydrogen) atoms. The lowest BCUT2D eigenvalue weighted by atomic mass is 9.96. The lowest BCUT2D eigenvalue weighted by molar-refractivity contribution is 0.214. The van der Waals surface area contributed by atoms with Crippen LogP contribution in [0.3, 0.4) is 0 Å². The molecule has 2 nitrogen and oxygen atoms in total. The van der Waals surface area contributed by atoms with E-state index < -0.39 is 0 Å². The first-order chi connectivity index (χ1) is 11.8. The summed E-state index contributed by atoms with van der Waals surface area (Å²) in [6.45, 7) is 20.1. The highest BCUT2D eigenvalue weighted by Crippen LogP contribution is 2.55. The van der Waals surface area contributed by atoms with Crippen molar-refractivity contribution in [2.45, 2.75) is 93.2 Å². The summed E-state index contributed by atoms with van der Waals surface area (Å²) in [5.41, 5.74) is 0.795. The van der Waals surface area contributed by atoms with Crippen LogP contribution < -0.4 is 0 Å². The van der Waals surface area contributed by atoms with Crippen molar-refractivity contribution in [2.24, 2.45) is 29.1 Å². The number of fused-ring (bicyclic) bond motifs is 1. The van der Waals surface area contributed by atoms with Crippen molar-refractivity contribution in [2.75, 3.05) is 27.2 Å². The van der Waals surface area contributed by atoms with Crippen molar-refractivity contribution in [1.29, 1.82) is 0 Å². The molecule has 1 spiro atoms. The van der Waals surface area contributed by atoms with Crippen molar-refractivity contribution in [1.82, 2.24) is 9.80 Å². The molecule has 0 aromatic heterocycles. The standard InChI is InChI=1S/C10H19N.C9H17N.2C2H6/c1-8(2)9-6-10(4-5-10)7-11(9)3;1-6(2)9-8-4-7(8)5-10(9)3;2*1-2/h8-9H,4-7H2,1-3H3;6-9H,4-5H2,1-3H3;2*1-2H3. The molecule has 2 aliphatic heterocycles. The lowest BCUT2D eigenvalue weighted by Gasteiger charge is -2.26. The Hall–Kier alpha value is -0.0800. The molecule has 2 heteroatoms. The highest BCUT2D eigenvalue weighted by molar-refractivity contribution is 5.04. The molecule has 2 saturated heterocycles. The van der Waals surface area contributed by atoms with Gasteiger partial charge in [-0.25, -0.2) is 0 Å². The number of likely N-dealkylation sites (tertiary alicyclic amines) is 2. The Balaban J connectivity index is 0.000000210. The normalized spacial score (nSPS) is 34.6. The summed E-state index contributed by atoms with van der Waals surface area (Å²) in [5, 5.41) is 0. The van der Waals surface area contributed by atoms with E-state index in [9.17, 15) is 0 Å². The SMILES string of the molecule is CC.CC.CC(C)C1C2CC2CN1C.CC(C)C1CC2(CC2)CN1C. The molecule has 4 rings (SSSR count). The van der Waals surface area contributed by atoms with Crippen molar-refractivity contribution < 1.29 is 0 Å². The number of hydrogen-bond acceptors (Lipinski definition) is 2. The van der Waals surface area contributed by atoms with Crippen LogP contribution in [-0.2, 0) is 0 Å². The number of nitrogens with zero attached hydrogens (tertiary/aromatic N) is 2. The van der Waals surface area contributed by atoms with Gasteiger partial charge in [0.2, 0.25) is 0 Å². The summed E-state index contributed by atoms with van der Waals surface area (Å²) in [7, 11) is 4.56. The van der Waals surface area contributed by atoms with Crippen molar-refractivity contribution in [3.05, 3.63) is 0 Å². The summed E-state index contributed by atoms with van der Waals surface area (Å²) in [5.74, 6) is 3.87. The Kier molecular flexibility index (Phi) is 8.94. The fourth-order valence-corrected chi connectivity index (χ4v) is 5.32. The molecular weight excluding hydrogens is 304 g/mol. The summed E-state index contributed by atoms with van der Waals surface area (Å²) in [4.78, 5) is 5.11. The molecule has 4 fully saturated rings. The fourth-order valence-electron chi connectivity index (χ4n) is 5.32. The Morgan fingerprint density at radius 3 is 1.64 bits per heavy atom. The molecule has 4 atom stereocenters. The molecule has 150 valence electrons. The topological polar surface area (TPSA) is 6.48 Å². The average molecular weight is 353 g/mol. The summed E-state index contributed by atoms with van der Waals surface area (Å²) in [6, 6.07) is 1.78. The molecule has 0 aromatic rings. The molecular formula is C23H48N2. The molecule has 0 amide bonds. The zero-order valence-corrected chi connectivity index (χ0v) is 19.1. The van der Waals surface area contributed by atoms with E-state index in [1.54, 1.807) is 0 Å². The van der Waals surface area contributed by atoms with Crippen LogP contribution in [0, 0.1) is 29.1 Å². The zero-order valence-electron chi connectivity index (χ0n) is 19.1. The van der Waals surface area contributed by atoms with E-state index in [0.29, 0.717) is 0 Å². The van der Waals surface area contributed by atoms with Crippen LogP contribution in [0.4, 0.5) is 0 Å². The van der Waals surface area contributed by atoms with E-state index in [1.165, 1.54) is 38.8 Å². The Bertz CT molecular complexity index is 370. The zero-order chi connectivity index (χ0) is 19.4. The third-order valence-corrected chi connectivity index (χ3v) is 6.65. The highest BCUT2D eigenvalue weighted by atomic mass is 15.2. The molecule has 4 aliphatic rings. The van der Waals surface area contributed by atoms with E-state index in [4.69, 9.17) is 0 Å². The van der Waals surface area contributed by atoms with Gasteiger partial charge in [-0.3, -0.25) is 0 Å². The monoisotopic (exact) mass is 352 g/mol. The maximum Gasteiger partial charge on any atom is 0.0147 e.